The SMILES string of the molecule is COc1ccc2ncc(C#Cc3ccnc(NC(=O)c4ccc(CN5CCNCC5)c(C(F)(F)F)c4)c3)n2c1. The number of fused-ring (bicyclic) bond motifs is 1. The zero-order valence-electron chi connectivity index (χ0n) is 21.0. The number of hydrogen-bond donors (Lipinski definition) is 2. The van der Waals surface area contributed by atoms with Gasteiger partial charge in [-0.2, -0.15) is 13.2 Å². The van der Waals surface area contributed by atoms with Crippen LogP contribution in [0.4, 0.5) is 19.0 Å². The van der Waals surface area contributed by atoms with Gasteiger partial charge in [-0.25, -0.2) is 9.97 Å². The largest absolute Gasteiger partial charge is 0.495 e. The van der Waals surface area contributed by atoms with Crippen molar-refractivity contribution in [1.82, 2.24) is 24.6 Å². The summed E-state index contributed by atoms with van der Waals surface area (Å²) in [6.07, 6.45) is 0.286. The zero-order valence-corrected chi connectivity index (χ0v) is 21.0. The number of nitrogens with zero attached hydrogens (tertiary/aromatic N) is 4. The fraction of sp³-hybridized carbons (Fsp3) is 0.250. The van der Waals surface area contributed by atoms with Crippen LogP contribution in [0, 0.1) is 11.8 Å². The molecule has 11 heteroatoms. The molecule has 0 radical (unpaired) electrons. The molecule has 8 nitrogen and oxygen atoms in total. The number of pyridine rings is 2. The lowest BCUT2D eigenvalue weighted by atomic mass is 10.0. The molecule has 4 heterocycles. The number of ether oxygens (including phenoxy) is 1. The van der Waals surface area contributed by atoms with Crippen molar-refractivity contribution in [2.45, 2.75) is 12.7 Å². The number of aromatic nitrogens is 3. The lowest BCUT2D eigenvalue weighted by Crippen LogP contribution is -2.43. The van der Waals surface area contributed by atoms with E-state index in [0.29, 0.717) is 35.7 Å². The quantitative estimate of drug-likeness (QED) is 0.379. The summed E-state index contributed by atoms with van der Waals surface area (Å²) in [5.74, 6) is 6.17. The molecular formula is C28H25F3N6O2. The van der Waals surface area contributed by atoms with Crippen LogP contribution in [0.2, 0.25) is 0 Å². The third-order valence-electron chi connectivity index (χ3n) is 6.33. The molecule has 200 valence electrons. The van der Waals surface area contributed by atoms with Gasteiger partial charge >= 0.3 is 6.18 Å². The van der Waals surface area contributed by atoms with E-state index in [1.807, 2.05) is 11.0 Å². The summed E-state index contributed by atoms with van der Waals surface area (Å²) < 4.78 is 48.6. The smallest absolute Gasteiger partial charge is 0.416 e. The maximum Gasteiger partial charge on any atom is 0.416 e. The van der Waals surface area contributed by atoms with E-state index < -0.39 is 17.6 Å². The molecule has 0 spiro atoms. The van der Waals surface area contributed by atoms with Gasteiger partial charge < -0.3 is 15.4 Å². The molecule has 5 rings (SSSR count). The first kappa shape index (κ1) is 26.2. The Morgan fingerprint density at radius 3 is 2.69 bits per heavy atom. The highest BCUT2D eigenvalue weighted by Crippen LogP contribution is 2.33. The van der Waals surface area contributed by atoms with Crippen molar-refractivity contribution >= 4 is 17.4 Å². The Balaban J connectivity index is 1.33. The summed E-state index contributed by atoms with van der Waals surface area (Å²) in [4.78, 5) is 23.2. The molecule has 1 fully saturated rings. The summed E-state index contributed by atoms with van der Waals surface area (Å²) in [5.41, 5.74) is 1.11. The minimum atomic E-state index is -4.59. The van der Waals surface area contributed by atoms with Crippen LogP contribution in [0.25, 0.3) is 5.65 Å². The van der Waals surface area contributed by atoms with Crippen molar-refractivity contribution in [3.63, 3.8) is 0 Å². The summed E-state index contributed by atoms with van der Waals surface area (Å²) in [6.45, 7) is 2.95. The van der Waals surface area contributed by atoms with Crippen molar-refractivity contribution in [1.29, 1.82) is 0 Å². The molecule has 39 heavy (non-hydrogen) atoms. The minimum Gasteiger partial charge on any atom is -0.495 e. The number of hydrogen-bond acceptors (Lipinski definition) is 6. The number of rotatable bonds is 5. The standard InChI is InChI=1S/C28H25F3N6O2/c1-39-23-6-7-26-34-16-22(37(26)18-23)5-2-19-8-9-33-25(14-19)35-27(38)20-3-4-21(24(15-20)28(29,30)31)17-36-12-10-32-11-13-36/h3-4,6-9,14-16,18,32H,10-13,17H2,1H3,(H,33,35,38). The number of piperazine rings is 1. The van der Waals surface area contributed by atoms with Gasteiger partial charge in [0.25, 0.3) is 5.91 Å². The normalized spacial score (nSPS) is 14.1. The first-order valence-corrected chi connectivity index (χ1v) is 12.2. The number of methoxy groups -OCH3 is 1. The van der Waals surface area contributed by atoms with Crippen LogP contribution in [0.1, 0.15) is 32.7 Å². The predicted octanol–water partition coefficient (Wildman–Crippen LogP) is 3.81. The third kappa shape index (κ3) is 6.19. The highest BCUT2D eigenvalue weighted by Gasteiger charge is 2.34. The topological polar surface area (TPSA) is 83.8 Å². The lowest BCUT2D eigenvalue weighted by Gasteiger charge is -2.28. The molecule has 1 aliphatic heterocycles. The number of alkyl halides is 3. The van der Waals surface area contributed by atoms with Crippen molar-refractivity contribution in [2.24, 2.45) is 0 Å². The number of carbonyl (C=O) groups is 1. The predicted molar refractivity (Wildman–Crippen MR) is 140 cm³/mol. The first-order valence-electron chi connectivity index (χ1n) is 12.2. The monoisotopic (exact) mass is 534 g/mol. The molecule has 1 aliphatic rings. The van der Waals surface area contributed by atoms with Crippen molar-refractivity contribution in [2.75, 3.05) is 38.6 Å². The Labute approximate surface area is 222 Å². The van der Waals surface area contributed by atoms with E-state index in [1.165, 1.54) is 18.3 Å². The molecule has 2 N–H and O–H groups in total. The number of imidazole rings is 1. The van der Waals surface area contributed by atoms with Crippen LogP contribution < -0.4 is 15.4 Å². The van der Waals surface area contributed by atoms with E-state index in [-0.39, 0.29) is 23.5 Å². The molecule has 3 aromatic heterocycles. The summed E-state index contributed by atoms with van der Waals surface area (Å²) in [5, 5.41) is 5.76. The number of anilines is 1. The Morgan fingerprint density at radius 2 is 1.92 bits per heavy atom. The molecule has 0 unspecified atom stereocenters. The van der Waals surface area contributed by atoms with Crippen LogP contribution in [0.5, 0.6) is 5.75 Å². The second-order valence-electron chi connectivity index (χ2n) is 8.97. The molecule has 1 amide bonds. The van der Waals surface area contributed by atoms with Gasteiger partial charge in [-0.05, 0) is 47.9 Å². The molecular weight excluding hydrogens is 509 g/mol. The van der Waals surface area contributed by atoms with E-state index in [0.717, 1.165) is 19.2 Å². The van der Waals surface area contributed by atoms with Gasteiger partial charge in [-0.3, -0.25) is 14.1 Å². The molecule has 0 atom stereocenters. The van der Waals surface area contributed by atoms with E-state index in [9.17, 15) is 18.0 Å². The second-order valence-corrected chi connectivity index (χ2v) is 8.97. The molecule has 4 aromatic rings. The van der Waals surface area contributed by atoms with Gasteiger partial charge in [0.15, 0.2) is 0 Å². The number of amides is 1. The molecule has 0 saturated carbocycles. The van der Waals surface area contributed by atoms with E-state index >= 15 is 0 Å². The first-order chi connectivity index (χ1) is 18.8. The number of halogens is 3. The fourth-order valence-electron chi connectivity index (χ4n) is 4.31. The van der Waals surface area contributed by atoms with Crippen LogP contribution in [-0.2, 0) is 12.7 Å². The van der Waals surface area contributed by atoms with Crippen LogP contribution in [-0.4, -0.2) is 58.5 Å². The van der Waals surface area contributed by atoms with Gasteiger partial charge in [-0.1, -0.05) is 12.0 Å². The minimum absolute atomic E-state index is 0.107. The van der Waals surface area contributed by atoms with Crippen LogP contribution in [0.3, 0.4) is 0 Å². The van der Waals surface area contributed by atoms with Gasteiger partial charge in [0.05, 0.1) is 25.1 Å². The summed E-state index contributed by atoms with van der Waals surface area (Å²) >= 11 is 0. The van der Waals surface area contributed by atoms with Crippen molar-refractivity contribution in [3.8, 4) is 17.6 Å². The second kappa shape index (κ2) is 11.1. The highest BCUT2D eigenvalue weighted by atomic mass is 19.4. The maximum atomic E-state index is 13.9. The van der Waals surface area contributed by atoms with Gasteiger partial charge in [0, 0.05) is 50.0 Å². The number of nitrogens with one attached hydrogen (secondary N) is 2. The van der Waals surface area contributed by atoms with Gasteiger partial charge in [0.2, 0.25) is 0 Å². The Morgan fingerprint density at radius 1 is 1.10 bits per heavy atom. The summed E-state index contributed by atoms with van der Waals surface area (Å²) in [6, 6.07) is 10.5. The lowest BCUT2D eigenvalue weighted by molar-refractivity contribution is -0.138. The Hall–Kier alpha value is -4.40. The Bertz CT molecular complexity index is 1570. The summed E-state index contributed by atoms with van der Waals surface area (Å²) in [7, 11) is 1.57. The maximum absolute atomic E-state index is 13.9. The highest BCUT2D eigenvalue weighted by molar-refractivity contribution is 6.04. The Kier molecular flexibility index (Phi) is 7.49. The third-order valence-corrected chi connectivity index (χ3v) is 6.33. The number of benzene rings is 1. The van der Waals surface area contributed by atoms with E-state index in [1.54, 1.807) is 42.1 Å². The van der Waals surface area contributed by atoms with Gasteiger partial charge in [-0.15, -0.1) is 0 Å². The average Bonchev–Trinajstić information content (AvgIpc) is 3.34. The van der Waals surface area contributed by atoms with E-state index in [4.69, 9.17) is 4.74 Å². The van der Waals surface area contributed by atoms with Crippen LogP contribution in [0.15, 0.2) is 61.1 Å². The molecule has 1 saturated heterocycles. The van der Waals surface area contributed by atoms with Crippen LogP contribution >= 0.6 is 0 Å². The molecule has 0 aliphatic carbocycles. The number of carbonyl (C=O) groups excluding carboxylic acids is 1. The van der Waals surface area contributed by atoms with Crippen molar-refractivity contribution < 1.29 is 22.7 Å². The van der Waals surface area contributed by atoms with Gasteiger partial charge in [0.1, 0.15) is 22.9 Å². The molecule has 0 bridgehead atoms. The fourth-order valence-corrected chi connectivity index (χ4v) is 4.31. The molecule has 1 aromatic carbocycles. The average molecular weight is 535 g/mol. The van der Waals surface area contributed by atoms with Crippen molar-refractivity contribution in [3.05, 3.63) is 89.0 Å². The van der Waals surface area contributed by atoms with E-state index in [2.05, 4.69) is 32.4 Å². The zero-order chi connectivity index (χ0) is 27.4.